The van der Waals surface area contributed by atoms with Crippen LogP contribution in [0.15, 0.2) is 12.3 Å². The van der Waals surface area contributed by atoms with Crippen LogP contribution < -0.4 is 5.32 Å². The van der Waals surface area contributed by atoms with Gasteiger partial charge >= 0.3 is 0 Å². The fourth-order valence-corrected chi connectivity index (χ4v) is 3.09. The van der Waals surface area contributed by atoms with Gasteiger partial charge < -0.3 is 10.1 Å². The van der Waals surface area contributed by atoms with Gasteiger partial charge in [0.2, 0.25) is 0 Å². The van der Waals surface area contributed by atoms with Gasteiger partial charge in [0.1, 0.15) is 0 Å². The second kappa shape index (κ2) is 7.79. The first-order valence-electron chi connectivity index (χ1n) is 8.04. The highest BCUT2D eigenvalue weighted by Gasteiger charge is 2.19. The van der Waals surface area contributed by atoms with Crippen molar-refractivity contribution in [2.24, 2.45) is 0 Å². The summed E-state index contributed by atoms with van der Waals surface area (Å²) in [5.74, 6) is 0. The van der Waals surface area contributed by atoms with Crippen molar-refractivity contribution < 1.29 is 4.74 Å². The van der Waals surface area contributed by atoms with Gasteiger partial charge in [-0.2, -0.15) is 5.10 Å². The number of nitrogens with zero attached hydrogens (tertiary/aromatic N) is 2. The van der Waals surface area contributed by atoms with Gasteiger partial charge in [-0.3, -0.25) is 4.68 Å². The summed E-state index contributed by atoms with van der Waals surface area (Å²) >= 11 is 0. The van der Waals surface area contributed by atoms with Crippen molar-refractivity contribution in [3.8, 4) is 0 Å². The van der Waals surface area contributed by atoms with Gasteiger partial charge in [0.25, 0.3) is 0 Å². The number of rotatable bonds is 7. The Morgan fingerprint density at radius 3 is 2.80 bits per heavy atom. The molecule has 1 fully saturated rings. The first kappa shape index (κ1) is 15.5. The molecule has 1 saturated carbocycles. The molecule has 1 heterocycles. The number of nitrogens with one attached hydrogen (secondary N) is 1. The third kappa shape index (κ3) is 4.06. The Labute approximate surface area is 122 Å². The summed E-state index contributed by atoms with van der Waals surface area (Å²) in [4.78, 5) is 0. The molecule has 0 amide bonds. The topological polar surface area (TPSA) is 39.1 Å². The Morgan fingerprint density at radius 1 is 1.40 bits per heavy atom. The van der Waals surface area contributed by atoms with E-state index in [9.17, 15) is 0 Å². The molecule has 1 aromatic rings. The van der Waals surface area contributed by atoms with Crippen molar-refractivity contribution >= 4 is 0 Å². The lowest BCUT2D eigenvalue weighted by molar-refractivity contribution is 0.0832. The Bertz CT molecular complexity index is 385. The van der Waals surface area contributed by atoms with Gasteiger partial charge in [-0.1, -0.05) is 26.2 Å². The zero-order valence-corrected chi connectivity index (χ0v) is 13.1. The molecular formula is C16H29N3O. The number of aromatic nitrogens is 2. The van der Waals surface area contributed by atoms with Gasteiger partial charge in [0.05, 0.1) is 17.8 Å². The summed E-state index contributed by atoms with van der Waals surface area (Å²) < 4.78 is 7.65. The lowest BCUT2D eigenvalue weighted by Gasteiger charge is -2.23. The van der Waals surface area contributed by atoms with E-state index in [-0.39, 0.29) is 6.10 Å². The molecule has 0 aromatic carbocycles. The van der Waals surface area contributed by atoms with Crippen LogP contribution in [-0.2, 0) is 11.2 Å². The number of hydrogen-bond acceptors (Lipinski definition) is 3. The zero-order valence-electron chi connectivity index (χ0n) is 13.1. The lowest BCUT2D eigenvalue weighted by atomic mass is 9.96. The number of hydrogen-bond donors (Lipinski definition) is 1. The Hall–Kier alpha value is -0.870. The van der Waals surface area contributed by atoms with E-state index in [4.69, 9.17) is 9.84 Å². The van der Waals surface area contributed by atoms with Gasteiger partial charge in [0.15, 0.2) is 0 Å². The molecule has 2 unspecified atom stereocenters. The molecule has 2 atom stereocenters. The predicted molar refractivity (Wildman–Crippen MR) is 82.0 cm³/mol. The van der Waals surface area contributed by atoms with E-state index in [0.29, 0.717) is 12.1 Å². The predicted octanol–water partition coefficient (Wildman–Crippen LogP) is 2.94. The highest BCUT2D eigenvalue weighted by molar-refractivity contribution is 5.03. The lowest BCUT2D eigenvalue weighted by Crippen LogP contribution is -2.41. The van der Waals surface area contributed by atoms with Crippen LogP contribution in [0, 0.1) is 0 Å². The van der Waals surface area contributed by atoms with Crippen LogP contribution in [0.4, 0.5) is 0 Å². The van der Waals surface area contributed by atoms with Gasteiger partial charge in [-0.25, -0.2) is 0 Å². The van der Waals surface area contributed by atoms with Crippen LogP contribution in [0.1, 0.15) is 57.7 Å². The van der Waals surface area contributed by atoms with E-state index in [2.05, 4.69) is 36.1 Å². The maximum atomic E-state index is 5.46. The molecule has 1 aromatic heterocycles. The molecule has 4 heteroatoms. The van der Waals surface area contributed by atoms with Crippen molar-refractivity contribution in [3.05, 3.63) is 18.0 Å². The summed E-state index contributed by atoms with van der Waals surface area (Å²) in [6, 6.07) is 3.12. The fourth-order valence-electron chi connectivity index (χ4n) is 3.09. The van der Waals surface area contributed by atoms with Crippen LogP contribution >= 0.6 is 0 Å². The molecule has 1 N–H and O–H groups in total. The average molecular weight is 279 g/mol. The molecule has 0 radical (unpaired) electrons. The Balaban J connectivity index is 1.96. The summed E-state index contributed by atoms with van der Waals surface area (Å²) in [7, 11) is 1.77. The average Bonchev–Trinajstić information content (AvgIpc) is 2.95. The summed E-state index contributed by atoms with van der Waals surface area (Å²) in [6.45, 7) is 5.21. The molecule has 1 aliphatic rings. The highest BCUT2D eigenvalue weighted by atomic mass is 16.5. The van der Waals surface area contributed by atoms with Crippen molar-refractivity contribution in [2.75, 3.05) is 13.7 Å². The van der Waals surface area contributed by atoms with Crippen molar-refractivity contribution in [3.63, 3.8) is 0 Å². The number of methoxy groups -OCH3 is 1. The van der Waals surface area contributed by atoms with Crippen molar-refractivity contribution in [1.29, 1.82) is 0 Å². The van der Waals surface area contributed by atoms with Crippen LogP contribution in [0.2, 0.25) is 0 Å². The third-order valence-corrected chi connectivity index (χ3v) is 4.45. The summed E-state index contributed by atoms with van der Waals surface area (Å²) in [5, 5.41) is 8.29. The molecule has 0 saturated heterocycles. The summed E-state index contributed by atoms with van der Waals surface area (Å²) in [6.07, 6.45) is 9.95. The zero-order chi connectivity index (χ0) is 14.4. The normalized spacial score (nSPS) is 19.9. The molecule has 20 heavy (non-hydrogen) atoms. The SMILES string of the molecule is CCNC(Cc1ccn(C2CCCCC2)n1)C(C)OC. The minimum Gasteiger partial charge on any atom is -0.380 e. The monoisotopic (exact) mass is 279 g/mol. The molecule has 0 spiro atoms. The molecule has 1 aliphatic carbocycles. The second-order valence-corrected chi connectivity index (χ2v) is 5.89. The molecule has 114 valence electrons. The first-order valence-corrected chi connectivity index (χ1v) is 8.04. The van der Waals surface area contributed by atoms with Crippen LogP contribution in [0.3, 0.4) is 0 Å². The standard InChI is InChI=1S/C16H29N3O/c1-4-17-16(13(2)20-3)12-14-10-11-19(18-14)15-8-6-5-7-9-15/h10-11,13,15-17H,4-9,12H2,1-3H3. The highest BCUT2D eigenvalue weighted by Crippen LogP contribution is 2.27. The maximum absolute atomic E-state index is 5.46. The van der Waals surface area contributed by atoms with Crippen molar-refractivity contribution in [1.82, 2.24) is 15.1 Å². The molecule has 4 nitrogen and oxygen atoms in total. The second-order valence-electron chi connectivity index (χ2n) is 5.89. The fraction of sp³-hybridized carbons (Fsp3) is 0.812. The minimum atomic E-state index is 0.204. The maximum Gasteiger partial charge on any atom is 0.0700 e. The van der Waals surface area contributed by atoms with Crippen LogP contribution in [-0.4, -0.2) is 35.6 Å². The van der Waals surface area contributed by atoms with E-state index in [0.717, 1.165) is 13.0 Å². The van der Waals surface area contributed by atoms with E-state index < -0.39 is 0 Å². The minimum absolute atomic E-state index is 0.204. The smallest absolute Gasteiger partial charge is 0.0700 e. The van der Waals surface area contributed by atoms with Gasteiger partial charge in [-0.15, -0.1) is 0 Å². The molecule has 0 bridgehead atoms. The van der Waals surface area contributed by atoms with Gasteiger partial charge in [0, 0.05) is 25.8 Å². The van der Waals surface area contributed by atoms with Crippen LogP contribution in [0.5, 0.6) is 0 Å². The Kier molecular flexibility index (Phi) is 6.05. The summed E-state index contributed by atoms with van der Waals surface area (Å²) in [5.41, 5.74) is 1.17. The number of likely N-dealkylation sites (N-methyl/N-ethyl adjacent to an activating group) is 1. The largest absolute Gasteiger partial charge is 0.380 e. The first-order chi connectivity index (χ1) is 9.74. The molecular weight excluding hydrogens is 250 g/mol. The quantitative estimate of drug-likeness (QED) is 0.834. The molecule has 0 aliphatic heterocycles. The van der Waals surface area contributed by atoms with E-state index in [1.165, 1.54) is 37.8 Å². The van der Waals surface area contributed by atoms with Gasteiger partial charge in [-0.05, 0) is 32.4 Å². The van der Waals surface area contributed by atoms with Crippen molar-refractivity contribution in [2.45, 2.75) is 70.6 Å². The Morgan fingerprint density at radius 2 is 2.15 bits per heavy atom. The van der Waals surface area contributed by atoms with E-state index in [1.807, 2.05) is 0 Å². The molecule has 2 rings (SSSR count). The van der Waals surface area contributed by atoms with Crippen LogP contribution in [0.25, 0.3) is 0 Å². The number of ether oxygens (including phenoxy) is 1. The van der Waals surface area contributed by atoms with E-state index in [1.54, 1.807) is 7.11 Å². The van der Waals surface area contributed by atoms with E-state index >= 15 is 0 Å². The third-order valence-electron chi connectivity index (χ3n) is 4.45.